The molecular weight excluding hydrogens is 779 g/mol. The number of esters is 1. The lowest BCUT2D eigenvalue weighted by molar-refractivity contribution is -0.151. The molecular formula is C57H103NO5. The van der Waals surface area contributed by atoms with Crippen LogP contribution in [0.15, 0.2) is 60.8 Å². The van der Waals surface area contributed by atoms with Crippen molar-refractivity contribution in [3.05, 3.63) is 60.8 Å². The summed E-state index contributed by atoms with van der Waals surface area (Å²) in [5.74, 6) is -0.537. The first-order chi connectivity index (χ1) is 31.0. The molecule has 0 saturated heterocycles. The Morgan fingerprint density at radius 1 is 0.476 bits per heavy atom. The second-order valence-electron chi connectivity index (χ2n) is 18.3. The van der Waals surface area contributed by atoms with Crippen molar-refractivity contribution in [3.8, 4) is 0 Å². The monoisotopic (exact) mass is 882 g/mol. The van der Waals surface area contributed by atoms with Crippen molar-refractivity contribution in [1.82, 2.24) is 5.32 Å². The van der Waals surface area contributed by atoms with E-state index in [1.807, 2.05) is 0 Å². The summed E-state index contributed by atoms with van der Waals surface area (Å²) in [6.45, 7) is 6.37. The molecule has 1 amide bonds. The summed E-state index contributed by atoms with van der Waals surface area (Å²) < 4.78 is 5.91. The van der Waals surface area contributed by atoms with Crippen LogP contribution in [-0.4, -0.2) is 46.9 Å². The molecule has 0 aliphatic carbocycles. The Hall–Kier alpha value is -2.44. The van der Waals surface area contributed by atoms with Crippen molar-refractivity contribution < 1.29 is 24.5 Å². The third-order valence-electron chi connectivity index (χ3n) is 12.1. The number of aliphatic hydroxyl groups is 2. The number of aliphatic hydroxyl groups excluding tert-OH is 2. The lowest BCUT2D eigenvalue weighted by Gasteiger charge is -2.24. The number of rotatable bonds is 48. The normalized spacial score (nSPS) is 13.7. The van der Waals surface area contributed by atoms with Gasteiger partial charge in [-0.2, -0.15) is 0 Å². The van der Waals surface area contributed by atoms with Crippen LogP contribution < -0.4 is 5.32 Å². The van der Waals surface area contributed by atoms with Gasteiger partial charge < -0.3 is 20.3 Å². The SMILES string of the molecule is CC/C=C\C/C=C\C/C=C\C/C=C\C/C=C\CCCC(=O)OC(CCCCCCCCCCCCC)CC(=O)NC(CO)C(O)CCCCCCCCCCCCCCCCCC. The van der Waals surface area contributed by atoms with Crippen LogP contribution >= 0.6 is 0 Å². The number of nitrogens with one attached hydrogen (secondary N) is 1. The maximum Gasteiger partial charge on any atom is 0.306 e. The van der Waals surface area contributed by atoms with Crippen molar-refractivity contribution in [1.29, 1.82) is 0 Å². The average Bonchev–Trinajstić information content (AvgIpc) is 3.28. The van der Waals surface area contributed by atoms with E-state index >= 15 is 0 Å². The maximum absolute atomic E-state index is 13.2. The lowest BCUT2D eigenvalue weighted by atomic mass is 10.0. The van der Waals surface area contributed by atoms with E-state index in [4.69, 9.17) is 4.74 Å². The van der Waals surface area contributed by atoms with Crippen LogP contribution in [0.2, 0.25) is 0 Å². The predicted octanol–water partition coefficient (Wildman–Crippen LogP) is 16.4. The zero-order valence-corrected chi connectivity index (χ0v) is 41.7. The van der Waals surface area contributed by atoms with Gasteiger partial charge in [-0.05, 0) is 64.2 Å². The van der Waals surface area contributed by atoms with Gasteiger partial charge >= 0.3 is 5.97 Å². The van der Waals surface area contributed by atoms with Crippen LogP contribution in [0.5, 0.6) is 0 Å². The van der Waals surface area contributed by atoms with E-state index in [2.05, 4.69) is 86.8 Å². The van der Waals surface area contributed by atoms with Crippen LogP contribution in [0.1, 0.15) is 265 Å². The number of amides is 1. The van der Waals surface area contributed by atoms with Gasteiger partial charge in [-0.25, -0.2) is 0 Å². The number of hydrogen-bond donors (Lipinski definition) is 3. The number of carbonyl (C=O) groups excluding carboxylic acids is 2. The molecule has 0 bridgehead atoms. The van der Waals surface area contributed by atoms with Crippen LogP contribution in [-0.2, 0) is 14.3 Å². The second kappa shape index (κ2) is 50.6. The number of carbonyl (C=O) groups is 2. The predicted molar refractivity (Wildman–Crippen MR) is 273 cm³/mol. The number of allylic oxidation sites excluding steroid dienone is 10. The topological polar surface area (TPSA) is 95.9 Å². The van der Waals surface area contributed by atoms with Gasteiger partial charge in [0.05, 0.1) is 25.2 Å². The van der Waals surface area contributed by atoms with Crippen LogP contribution in [0.3, 0.4) is 0 Å². The molecule has 0 saturated carbocycles. The number of unbranched alkanes of at least 4 members (excludes halogenated alkanes) is 26. The van der Waals surface area contributed by atoms with E-state index in [1.165, 1.54) is 135 Å². The first-order valence-corrected chi connectivity index (χ1v) is 27.0. The van der Waals surface area contributed by atoms with Crippen LogP contribution in [0, 0.1) is 0 Å². The third-order valence-corrected chi connectivity index (χ3v) is 12.1. The fourth-order valence-corrected chi connectivity index (χ4v) is 8.06. The highest BCUT2D eigenvalue weighted by Gasteiger charge is 2.24. The van der Waals surface area contributed by atoms with Gasteiger partial charge in [0.25, 0.3) is 0 Å². The lowest BCUT2D eigenvalue weighted by Crippen LogP contribution is -2.46. The average molecular weight is 882 g/mol. The van der Waals surface area contributed by atoms with Gasteiger partial charge in [0.2, 0.25) is 5.91 Å². The smallest absolute Gasteiger partial charge is 0.306 e. The molecule has 3 N–H and O–H groups in total. The standard InChI is InChI=1S/C57H103NO5/c1-4-7-10-13-16-19-22-24-26-28-30-32-35-38-41-44-47-50-57(62)63-53(48-45-42-39-36-33-21-18-15-12-9-6-3)51-56(61)58-54(52-59)55(60)49-46-43-40-37-34-31-29-27-25-23-20-17-14-11-8-5-2/h7,10,16,19,24,26,30,32,38,41,53-55,59-60H,4-6,8-9,11-15,17-18,20-23,25,27-29,31,33-37,39-40,42-52H2,1-3H3,(H,58,61)/b10-7-,19-16-,26-24-,32-30-,41-38-. The molecule has 0 aliphatic heterocycles. The molecule has 3 atom stereocenters. The van der Waals surface area contributed by atoms with Gasteiger partial charge in [-0.1, -0.05) is 248 Å². The first-order valence-electron chi connectivity index (χ1n) is 27.0. The van der Waals surface area contributed by atoms with Crippen molar-refractivity contribution in [2.75, 3.05) is 6.61 Å². The minimum atomic E-state index is -0.797. The quantitative estimate of drug-likeness (QED) is 0.0321. The van der Waals surface area contributed by atoms with Crippen molar-refractivity contribution in [2.45, 2.75) is 283 Å². The van der Waals surface area contributed by atoms with Gasteiger partial charge in [0.1, 0.15) is 6.10 Å². The highest BCUT2D eigenvalue weighted by Crippen LogP contribution is 2.18. The highest BCUT2D eigenvalue weighted by atomic mass is 16.5. The molecule has 0 radical (unpaired) electrons. The number of ether oxygens (including phenoxy) is 1. The summed E-state index contributed by atoms with van der Waals surface area (Å²) >= 11 is 0. The van der Waals surface area contributed by atoms with Crippen LogP contribution in [0.25, 0.3) is 0 Å². The Kier molecular flexibility index (Phi) is 48.6. The van der Waals surface area contributed by atoms with Crippen molar-refractivity contribution >= 4 is 11.9 Å². The molecule has 0 aromatic heterocycles. The molecule has 0 heterocycles. The van der Waals surface area contributed by atoms with E-state index in [0.29, 0.717) is 25.7 Å². The molecule has 0 rings (SSSR count). The summed E-state index contributed by atoms with van der Waals surface area (Å²) in [5, 5.41) is 23.8. The van der Waals surface area contributed by atoms with Gasteiger partial charge in [-0.15, -0.1) is 0 Å². The molecule has 0 spiro atoms. The number of hydrogen-bond acceptors (Lipinski definition) is 5. The van der Waals surface area contributed by atoms with Gasteiger partial charge in [-0.3, -0.25) is 9.59 Å². The Bertz CT molecular complexity index is 1130. The molecule has 3 unspecified atom stereocenters. The highest BCUT2D eigenvalue weighted by molar-refractivity contribution is 5.77. The molecule has 0 fully saturated rings. The molecule has 0 aromatic rings. The second-order valence-corrected chi connectivity index (χ2v) is 18.3. The summed E-state index contributed by atoms with van der Waals surface area (Å²) in [4.78, 5) is 26.1. The largest absolute Gasteiger partial charge is 0.462 e. The van der Waals surface area contributed by atoms with E-state index < -0.39 is 18.2 Å². The van der Waals surface area contributed by atoms with E-state index in [1.54, 1.807) is 0 Å². The molecule has 6 nitrogen and oxygen atoms in total. The summed E-state index contributed by atoms with van der Waals surface area (Å²) in [6, 6.07) is -0.712. The molecule has 63 heavy (non-hydrogen) atoms. The minimum Gasteiger partial charge on any atom is -0.462 e. The Labute approximate surface area is 390 Å². The van der Waals surface area contributed by atoms with Crippen molar-refractivity contribution in [2.24, 2.45) is 0 Å². The van der Waals surface area contributed by atoms with Crippen LogP contribution in [0.4, 0.5) is 0 Å². The summed E-state index contributed by atoms with van der Waals surface area (Å²) in [7, 11) is 0. The molecule has 6 heteroatoms. The molecule has 0 aromatic carbocycles. The fraction of sp³-hybridized carbons (Fsp3) is 0.789. The fourth-order valence-electron chi connectivity index (χ4n) is 8.06. The molecule has 366 valence electrons. The van der Waals surface area contributed by atoms with E-state index in [0.717, 1.165) is 77.0 Å². The van der Waals surface area contributed by atoms with Gasteiger partial charge in [0, 0.05) is 6.42 Å². The zero-order chi connectivity index (χ0) is 45.9. The summed E-state index contributed by atoms with van der Waals surface area (Å²) in [5.41, 5.74) is 0. The maximum atomic E-state index is 13.2. The van der Waals surface area contributed by atoms with E-state index in [-0.39, 0.29) is 24.9 Å². The third kappa shape index (κ3) is 45.9. The van der Waals surface area contributed by atoms with Crippen molar-refractivity contribution in [3.63, 3.8) is 0 Å². The van der Waals surface area contributed by atoms with E-state index in [9.17, 15) is 19.8 Å². The Morgan fingerprint density at radius 2 is 0.841 bits per heavy atom. The Balaban J connectivity index is 4.57. The molecule has 0 aliphatic rings. The summed E-state index contributed by atoms with van der Waals surface area (Å²) in [6.07, 6.45) is 62.9. The van der Waals surface area contributed by atoms with Gasteiger partial charge in [0.15, 0.2) is 0 Å². The first kappa shape index (κ1) is 60.6. The minimum absolute atomic E-state index is 0.0561. The zero-order valence-electron chi connectivity index (χ0n) is 41.7. The Morgan fingerprint density at radius 3 is 1.24 bits per heavy atom.